The second-order valence-corrected chi connectivity index (χ2v) is 13.4. The summed E-state index contributed by atoms with van der Waals surface area (Å²) in [6.45, 7) is 21.7. The van der Waals surface area contributed by atoms with Gasteiger partial charge in [-0.15, -0.1) is 0 Å². The Hall–Kier alpha value is -1.39. The molecule has 1 aromatic heterocycles. The van der Waals surface area contributed by atoms with E-state index in [2.05, 4.69) is 55.4 Å². The molecule has 45 heavy (non-hydrogen) atoms. The van der Waals surface area contributed by atoms with Crippen LogP contribution in [0.25, 0.3) is 0 Å². The molecule has 0 amide bonds. The van der Waals surface area contributed by atoms with Crippen LogP contribution in [-0.4, -0.2) is 16.4 Å². The molecule has 0 radical (unpaired) electrons. The summed E-state index contributed by atoms with van der Waals surface area (Å²) < 4.78 is 0. The quantitative estimate of drug-likeness (QED) is 0.135. The first kappa shape index (κ1) is 39.8. The van der Waals surface area contributed by atoms with Gasteiger partial charge in [0.05, 0.1) is 44.2 Å². The van der Waals surface area contributed by atoms with Crippen molar-refractivity contribution in [3.05, 3.63) is 84.1 Å². The number of hydrogen-bond acceptors (Lipinski definition) is 3. The van der Waals surface area contributed by atoms with E-state index in [9.17, 15) is 0 Å². The van der Waals surface area contributed by atoms with Crippen LogP contribution in [0.2, 0.25) is 10.0 Å². The van der Waals surface area contributed by atoms with Crippen LogP contribution in [0.5, 0.6) is 0 Å². The normalized spacial score (nSPS) is 12.0. The Kier molecular flexibility index (Phi) is 17.2. The molecule has 1 heterocycles. The molecular weight excluding hydrogens is 684 g/mol. The Morgan fingerprint density at radius 2 is 0.800 bits per heavy atom. The second-order valence-electron chi connectivity index (χ2n) is 10.8. The minimum absolute atomic E-state index is 0.194. The van der Waals surface area contributed by atoms with E-state index in [4.69, 9.17) is 58.4 Å². The summed E-state index contributed by atoms with van der Waals surface area (Å²) in [6, 6.07) is 6.06. The Labute approximate surface area is 297 Å². The molecule has 2 aromatic carbocycles. The fraction of sp³-hybridized carbons (Fsp3) is 0.486. The van der Waals surface area contributed by atoms with Gasteiger partial charge in [-0.2, -0.15) is 0 Å². The van der Waals surface area contributed by atoms with E-state index in [0.717, 1.165) is 95.6 Å². The number of benzene rings is 2. The number of aliphatic imine (C=N–C) groups is 2. The van der Waals surface area contributed by atoms with Crippen molar-refractivity contribution in [2.45, 2.75) is 121 Å². The number of nitrogens with zero attached hydrogens (tertiary/aromatic N) is 3. The first-order chi connectivity index (χ1) is 21.6. The van der Waals surface area contributed by atoms with Crippen molar-refractivity contribution in [1.82, 2.24) is 4.98 Å². The van der Waals surface area contributed by atoms with Crippen LogP contribution < -0.4 is 0 Å². The summed E-state index contributed by atoms with van der Waals surface area (Å²) in [7, 11) is 9.53. The molecular formula is C37H49Cl4FeN3. The van der Waals surface area contributed by atoms with E-state index >= 15 is 0 Å². The standard InChI is InChI=1S/C37H49Cl2N3.2ClH.Fe/c1-11-24-26(13-3)30(17-7)36(34(38)28(24)15-5)40-22(9)32-20-19-21-33(42-32)23(10)41-37-31(18-8)27(14-4)25(12-2)29(16-6)35(37)39;;;/h19-21H,11-18H2,1-10H3;2*1H;/q;;;+2/p-2. The fourth-order valence-corrected chi connectivity index (χ4v) is 7.36. The average molecular weight is 733 g/mol. The molecule has 8 heteroatoms. The monoisotopic (exact) mass is 731 g/mol. The zero-order valence-electron chi connectivity index (χ0n) is 28.6. The van der Waals surface area contributed by atoms with Gasteiger partial charge in [-0.25, -0.2) is 15.0 Å². The summed E-state index contributed by atoms with van der Waals surface area (Å²) in [4.78, 5) is 15.3. The third-order valence-corrected chi connectivity index (χ3v) is 9.40. The second kappa shape index (κ2) is 19.4. The Morgan fingerprint density at radius 3 is 1.07 bits per heavy atom. The van der Waals surface area contributed by atoms with E-state index in [1.165, 1.54) is 44.5 Å². The number of rotatable bonds is 12. The molecule has 0 fully saturated rings. The average Bonchev–Trinajstić information content (AvgIpc) is 3.05. The molecule has 0 unspecified atom stereocenters. The molecule has 0 bridgehead atoms. The van der Waals surface area contributed by atoms with Crippen LogP contribution in [0.1, 0.15) is 125 Å². The maximum atomic E-state index is 7.06. The molecule has 0 saturated carbocycles. The summed E-state index contributed by atoms with van der Waals surface area (Å²) in [5.74, 6) is 0. The van der Waals surface area contributed by atoms with Crippen molar-refractivity contribution in [3.8, 4) is 0 Å². The summed E-state index contributed by atoms with van der Waals surface area (Å²) >= 11 is 14.3. The third kappa shape index (κ3) is 8.95. The molecule has 0 aliphatic rings. The van der Waals surface area contributed by atoms with E-state index in [-0.39, 0.29) is 13.1 Å². The van der Waals surface area contributed by atoms with Crippen LogP contribution in [0.15, 0.2) is 28.2 Å². The maximum absolute atomic E-state index is 7.06. The van der Waals surface area contributed by atoms with E-state index in [0.29, 0.717) is 0 Å². The van der Waals surface area contributed by atoms with Crippen molar-refractivity contribution in [2.75, 3.05) is 0 Å². The molecule has 3 aromatic rings. The molecule has 3 rings (SSSR count). The van der Waals surface area contributed by atoms with Crippen LogP contribution in [0.4, 0.5) is 11.4 Å². The van der Waals surface area contributed by atoms with Gasteiger partial charge in [0.1, 0.15) is 0 Å². The Morgan fingerprint density at radius 1 is 0.533 bits per heavy atom. The van der Waals surface area contributed by atoms with Crippen molar-refractivity contribution >= 4 is 66.2 Å². The number of aromatic nitrogens is 1. The molecule has 0 N–H and O–H groups in total. The summed E-state index contributed by atoms with van der Waals surface area (Å²) in [5, 5.41) is 1.57. The Balaban J connectivity index is 0.00000226. The van der Waals surface area contributed by atoms with Gasteiger partial charge >= 0.3 is 33.3 Å². The first-order valence-electron chi connectivity index (χ1n) is 16.2. The molecule has 0 aliphatic carbocycles. The van der Waals surface area contributed by atoms with Gasteiger partial charge in [-0.1, -0.05) is 84.7 Å². The van der Waals surface area contributed by atoms with Crippen molar-refractivity contribution in [1.29, 1.82) is 0 Å². The van der Waals surface area contributed by atoms with Gasteiger partial charge < -0.3 is 0 Å². The van der Waals surface area contributed by atoms with Crippen molar-refractivity contribution in [2.24, 2.45) is 9.98 Å². The van der Waals surface area contributed by atoms with E-state index in [1.807, 2.05) is 32.0 Å². The number of halogens is 4. The zero-order chi connectivity index (χ0) is 33.8. The first-order valence-corrected chi connectivity index (χ1v) is 20.0. The molecule has 3 nitrogen and oxygen atoms in total. The van der Waals surface area contributed by atoms with E-state index < -0.39 is 0 Å². The molecule has 0 spiro atoms. The molecule has 0 saturated heterocycles. The third-order valence-electron chi connectivity index (χ3n) is 8.58. The van der Waals surface area contributed by atoms with Gasteiger partial charge in [0, 0.05) is 0 Å². The molecule has 248 valence electrons. The summed E-state index contributed by atoms with van der Waals surface area (Å²) in [5.41, 5.74) is 15.6. The van der Waals surface area contributed by atoms with Crippen LogP contribution in [-0.2, 0) is 64.5 Å². The van der Waals surface area contributed by atoms with Gasteiger partial charge in [0.2, 0.25) is 0 Å². The van der Waals surface area contributed by atoms with Gasteiger partial charge in [0.25, 0.3) is 0 Å². The zero-order valence-corrected chi connectivity index (χ0v) is 32.7. The van der Waals surface area contributed by atoms with Gasteiger partial charge in [-0.3, -0.25) is 0 Å². The predicted octanol–water partition coefficient (Wildman–Crippen LogP) is 12.5. The van der Waals surface area contributed by atoms with Crippen LogP contribution in [0, 0.1) is 0 Å². The molecule has 0 atom stereocenters. The summed E-state index contributed by atoms with van der Waals surface area (Å²) in [6.07, 6.45) is 7.48. The molecule has 0 aliphatic heterocycles. The van der Waals surface area contributed by atoms with Gasteiger partial charge in [-0.05, 0) is 122 Å². The number of hydrogen-bond donors (Lipinski definition) is 0. The van der Waals surface area contributed by atoms with Crippen molar-refractivity contribution in [3.63, 3.8) is 0 Å². The minimum atomic E-state index is 0.194. The predicted molar refractivity (Wildman–Crippen MR) is 198 cm³/mol. The van der Waals surface area contributed by atoms with Crippen molar-refractivity contribution < 1.29 is 13.1 Å². The fourth-order valence-electron chi connectivity index (χ4n) is 6.56. The van der Waals surface area contributed by atoms with Crippen LogP contribution >= 0.6 is 43.4 Å². The van der Waals surface area contributed by atoms with E-state index in [1.54, 1.807) is 0 Å². The number of pyridine rings is 1. The SMILES string of the molecule is CCc1c(Cl)c(N=C(C)c2cccc(C(C)=Nc3c(Cl)c(CC)c(CC)c(CC)c3CC)n2)c(CC)c(CC)c1CC.[Cl][Fe][Cl]. The van der Waals surface area contributed by atoms with Crippen LogP contribution in [0.3, 0.4) is 0 Å². The Bertz CT molecular complexity index is 1420. The topological polar surface area (TPSA) is 37.6 Å². The van der Waals surface area contributed by atoms with Gasteiger partial charge in [0.15, 0.2) is 0 Å².